The molecule has 0 aromatic carbocycles. The van der Waals surface area contributed by atoms with Crippen LogP contribution in [-0.2, 0) is 19.1 Å². The van der Waals surface area contributed by atoms with Crippen molar-refractivity contribution in [3.05, 3.63) is 0 Å². The predicted octanol–water partition coefficient (Wildman–Crippen LogP) is 6.61. The van der Waals surface area contributed by atoms with Crippen LogP contribution in [0.5, 0.6) is 0 Å². The Bertz CT molecular complexity index is 502. The van der Waals surface area contributed by atoms with Gasteiger partial charge in [0.25, 0.3) is 0 Å². The standard InChI is InChI=1S/C21H35F5O4/c1-4-7-8-9-10-11-12-13-14-15-29-17(27)19(5-2,6-3)18(28)30-16-20(22,23)21(24,25)26/h4-16H2,1-3H3. The molecule has 0 amide bonds. The zero-order chi connectivity index (χ0) is 23.3. The van der Waals surface area contributed by atoms with E-state index in [4.69, 9.17) is 4.74 Å². The van der Waals surface area contributed by atoms with Crippen molar-refractivity contribution in [3.8, 4) is 0 Å². The normalized spacial score (nSPS) is 12.7. The number of hydrogen-bond acceptors (Lipinski definition) is 4. The average Bonchev–Trinajstić information content (AvgIpc) is 2.68. The van der Waals surface area contributed by atoms with Gasteiger partial charge in [0, 0.05) is 0 Å². The van der Waals surface area contributed by atoms with Crippen LogP contribution < -0.4 is 0 Å². The maximum absolute atomic E-state index is 13.0. The number of halogens is 5. The summed E-state index contributed by atoms with van der Waals surface area (Å²) in [6.07, 6.45) is 3.43. The van der Waals surface area contributed by atoms with Gasteiger partial charge >= 0.3 is 24.0 Å². The summed E-state index contributed by atoms with van der Waals surface area (Å²) in [6, 6.07) is 0. The molecule has 0 aromatic rings. The molecule has 0 fully saturated rings. The van der Waals surface area contributed by atoms with Crippen LogP contribution in [-0.4, -0.2) is 37.3 Å². The van der Waals surface area contributed by atoms with Crippen molar-refractivity contribution in [3.63, 3.8) is 0 Å². The van der Waals surface area contributed by atoms with Crippen LogP contribution in [0, 0.1) is 5.41 Å². The molecule has 0 rings (SSSR count). The Morgan fingerprint density at radius 2 is 1.10 bits per heavy atom. The van der Waals surface area contributed by atoms with Crippen molar-refractivity contribution in [2.75, 3.05) is 13.2 Å². The van der Waals surface area contributed by atoms with E-state index >= 15 is 0 Å². The highest BCUT2D eigenvalue weighted by atomic mass is 19.4. The predicted molar refractivity (Wildman–Crippen MR) is 103 cm³/mol. The summed E-state index contributed by atoms with van der Waals surface area (Å²) in [6.45, 7) is 2.95. The Kier molecular flexibility index (Phi) is 13.2. The maximum Gasteiger partial charge on any atom is 0.456 e. The van der Waals surface area contributed by atoms with Gasteiger partial charge in [0.05, 0.1) is 6.61 Å². The highest BCUT2D eigenvalue weighted by molar-refractivity contribution is 6.00. The van der Waals surface area contributed by atoms with Gasteiger partial charge in [-0.3, -0.25) is 9.59 Å². The lowest BCUT2D eigenvalue weighted by atomic mass is 9.82. The van der Waals surface area contributed by atoms with Crippen LogP contribution in [0.1, 0.15) is 91.4 Å². The maximum atomic E-state index is 13.0. The van der Waals surface area contributed by atoms with Crippen LogP contribution in [0.4, 0.5) is 22.0 Å². The van der Waals surface area contributed by atoms with E-state index in [0.29, 0.717) is 6.42 Å². The van der Waals surface area contributed by atoms with E-state index in [-0.39, 0.29) is 19.4 Å². The Morgan fingerprint density at radius 3 is 1.53 bits per heavy atom. The lowest BCUT2D eigenvalue weighted by molar-refractivity contribution is -0.295. The highest BCUT2D eigenvalue weighted by Gasteiger charge is 2.59. The summed E-state index contributed by atoms with van der Waals surface area (Å²) in [5.41, 5.74) is -1.89. The minimum atomic E-state index is -5.84. The van der Waals surface area contributed by atoms with Crippen LogP contribution in [0.3, 0.4) is 0 Å². The van der Waals surface area contributed by atoms with E-state index in [1.54, 1.807) is 0 Å². The van der Waals surface area contributed by atoms with Crippen LogP contribution >= 0.6 is 0 Å². The number of alkyl halides is 5. The van der Waals surface area contributed by atoms with Gasteiger partial charge in [0.15, 0.2) is 12.0 Å². The van der Waals surface area contributed by atoms with Crippen molar-refractivity contribution in [2.45, 2.75) is 103 Å². The van der Waals surface area contributed by atoms with Crippen molar-refractivity contribution in [1.29, 1.82) is 0 Å². The van der Waals surface area contributed by atoms with Gasteiger partial charge in [0.2, 0.25) is 0 Å². The minimum Gasteiger partial charge on any atom is -0.465 e. The molecule has 0 aliphatic carbocycles. The lowest BCUT2D eigenvalue weighted by Gasteiger charge is -2.28. The Hall–Kier alpha value is -1.41. The zero-order valence-electron chi connectivity index (χ0n) is 18.2. The number of rotatable bonds is 16. The summed E-state index contributed by atoms with van der Waals surface area (Å²) >= 11 is 0. The zero-order valence-corrected chi connectivity index (χ0v) is 18.2. The monoisotopic (exact) mass is 446 g/mol. The molecule has 9 heteroatoms. The van der Waals surface area contributed by atoms with Gasteiger partial charge in [-0.15, -0.1) is 0 Å². The molecule has 0 aromatic heterocycles. The first-order valence-corrected chi connectivity index (χ1v) is 10.8. The molecule has 0 radical (unpaired) electrons. The van der Waals surface area contributed by atoms with Crippen LogP contribution in [0.2, 0.25) is 0 Å². The first-order valence-electron chi connectivity index (χ1n) is 10.8. The molecule has 0 bridgehead atoms. The summed E-state index contributed by atoms with van der Waals surface area (Å²) in [7, 11) is 0. The van der Waals surface area contributed by atoms with E-state index in [1.807, 2.05) is 0 Å². The second-order valence-electron chi connectivity index (χ2n) is 7.53. The molecule has 0 atom stereocenters. The van der Waals surface area contributed by atoms with Crippen molar-refractivity contribution in [1.82, 2.24) is 0 Å². The van der Waals surface area contributed by atoms with Crippen LogP contribution in [0.15, 0.2) is 0 Å². The molecule has 0 saturated heterocycles. The first kappa shape index (κ1) is 28.6. The quantitative estimate of drug-likeness (QED) is 0.116. The summed E-state index contributed by atoms with van der Waals surface area (Å²) in [5, 5.41) is 0. The molecule has 30 heavy (non-hydrogen) atoms. The lowest BCUT2D eigenvalue weighted by Crippen LogP contribution is -2.46. The molecule has 0 aliphatic heterocycles. The summed E-state index contributed by atoms with van der Waals surface area (Å²) in [4.78, 5) is 24.6. The fourth-order valence-electron chi connectivity index (χ4n) is 3.00. The first-order chi connectivity index (χ1) is 14.0. The van der Waals surface area contributed by atoms with E-state index in [1.165, 1.54) is 39.5 Å². The second-order valence-corrected chi connectivity index (χ2v) is 7.53. The van der Waals surface area contributed by atoms with Crippen molar-refractivity contribution < 1.29 is 41.0 Å². The number of carbonyl (C=O) groups is 2. The van der Waals surface area contributed by atoms with Gasteiger partial charge < -0.3 is 9.47 Å². The molecule has 0 saturated carbocycles. The fourth-order valence-corrected chi connectivity index (χ4v) is 3.00. The molecule has 0 aliphatic rings. The number of hydrogen-bond donors (Lipinski definition) is 0. The Labute approximate surface area is 175 Å². The number of unbranched alkanes of at least 4 members (excludes halogenated alkanes) is 8. The van der Waals surface area contributed by atoms with E-state index in [2.05, 4.69) is 11.7 Å². The average molecular weight is 446 g/mol. The van der Waals surface area contributed by atoms with Gasteiger partial charge in [0.1, 0.15) is 0 Å². The largest absolute Gasteiger partial charge is 0.465 e. The highest BCUT2D eigenvalue weighted by Crippen LogP contribution is 2.37. The van der Waals surface area contributed by atoms with Gasteiger partial charge in [-0.2, -0.15) is 22.0 Å². The third-order valence-corrected chi connectivity index (χ3v) is 5.27. The molecular formula is C21H35F5O4. The molecule has 0 unspecified atom stereocenters. The SMILES string of the molecule is CCCCCCCCCCCOC(=O)C(CC)(CC)C(=O)OCC(F)(F)C(F)(F)F. The molecule has 4 nitrogen and oxygen atoms in total. The molecule has 178 valence electrons. The van der Waals surface area contributed by atoms with Gasteiger partial charge in [-0.25, -0.2) is 0 Å². The third kappa shape index (κ3) is 9.16. The van der Waals surface area contributed by atoms with Gasteiger partial charge in [-0.05, 0) is 19.3 Å². The minimum absolute atomic E-state index is 0.0579. The molecule has 0 N–H and O–H groups in total. The third-order valence-electron chi connectivity index (χ3n) is 5.27. The molecule has 0 heterocycles. The van der Waals surface area contributed by atoms with Crippen molar-refractivity contribution >= 4 is 11.9 Å². The number of esters is 2. The Balaban J connectivity index is 4.45. The topological polar surface area (TPSA) is 52.6 Å². The smallest absolute Gasteiger partial charge is 0.456 e. The molecule has 0 spiro atoms. The summed E-state index contributed by atoms with van der Waals surface area (Å²) < 4.78 is 72.0. The van der Waals surface area contributed by atoms with Crippen molar-refractivity contribution in [2.24, 2.45) is 5.41 Å². The van der Waals surface area contributed by atoms with E-state index in [0.717, 1.165) is 25.7 Å². The fraction of sp³-hybridized carbons (Fsp3) is 0.905. The molecular weight excluding hydrogens is 411 g/mol. The second kappa shape index (κ2) is 13.8. The van der Waals surface area contributed by atoms with Crippen LogP contribution in [0.25, 0.3) is 0 Å². The van der Waals surface area contributed by atoms with Gasteiger partial charge in [-0.1, -0.05) is 72.1 Å². The number of ether oxygens (including phenoxy) is 2. The summed E-state index contributed by atoms with van der Waals surface area (Å²) in [5.74, 6) is -7.56. The van der Waals surface area contributed by atoms with E-state index in [9.17, 15) is 31.5 Å². The van der Waals surface area contributed by atoms with E-state index < -0.39 is 36.1 Å². The Morgan fingerprint density at radius 1 is 0.667 bits per heavy atom. The number of carbonyl (C=O) groups excluding carboxylic acids is 2.